The van der Waals surface area contributed by atoms with Crippen molar-refractivity contribution in [2.24, 2.45) is 0 Å². The summed E-state index contributed by atoms with van der Waals surface area (Å²) in [7, 11) is 1.61. The lowest BCUT2D eigenvalue weighted by Crippen LogP contribution is -2.24. The molecule has 0 spiro atoms. The zero-order chi connectivity index (χ0) is 13.7. The van der Waals surface area contributed by atoms with Gasteiger partial charge in [0.25, 0.3) is 0 Å². The molecule has 0 saturated heterocycles. The van der Waals surface area contributed by atoms with E-state index in [1.54, 1.807) is 7.11 Å². The smallest absolute Gasteiger partial charge is 0.224 e. The van der Waals surface area contributed by atoms with Crippen molar-refractivity contribution in [3.8, 4) is 5.75 Å². The van der Waals surface area contributed by atoms with Gasteiger partial charge < -0.3 is 14.5 Å². The Bertz CT molecular complexity index is 560. The monoisotopic (exact) mass is 259 g/mol. The molecule has 0 bridgehead atoms. The molecule has 1 heterocycles. The van der Waals surface area contributed by atoms with Crippen LogP contribution in [0.3, 0.4) is 0 Å². The van der Waals surface area contributed by atoms with Gasteiger partial charge in [-0.05, 0) is 36.8 Å². The van der Waals surface area contributed by atoms with Crippen LogP contribution in [0.15, 0.2) is 40.8 Å². The summed E-state index contributed by atoms with van der Waals surface area (Å²) in [6.07, 6.45) is 0.330. The minimum atomic E-state index is -0.0395. The Balaban J connectivity index is 1.86. The van der Waals surface area contributed by atoms with Gasteiger partial charge >= 0.3 is 0 Å². The molecule has 100 valence electrons. The van der Waals surface area contributed by atoms with Gasteiger partial charge in [-0.1, -0.05) is 12.1 Å². The van der Waals surface area contributed by atoms with Gasteiger partial charge in [0.2, 0.25) is 5.91 Å². The third-order valence-corrected chi connectivity index (χ3v) is 2.75. The van der Waals surface area contributed by atoms with Gasteiger partial charge in [-0.25, -0.2) is 0 Å². The summed E-state index contributed by atoms with van der Waals surface area (Å²) in [5, 5.41) is 2.82. The average molecular weight is 259 g/mol. The molecule has 1 aromatic carbocycles. The number of methoxy groups -OCH3 is 1. The summed E-state index contributed by atoms with van der Waals surface area (Å²) in [5.41, 5.74) is 0.924. The van der Waals surface area contributed by atoms with Crippen molar-refractivity contribution >= 4 is 5.91 Å². The molecule has 4 nitrogen and oxygen atoms in total. The van der Waals surface area contributed by atoms with Crippen molar-refractivity contribution in [3.05, 3.63) is 53.5 Å². The maximum Gasteiger partial charge on any atom is 0.224 e. The number of ether oxygens (including phenoxy) is 1. The molecular weight excluding hydrogens is 242 g/mol. The van der Waals surface area contributed by atoms with Gasteiger partial charge in [0, 0.05) is 0 Å². The van der Waals surface area contributed by atoms with E-state index in [1.807, 2.05) is 43.3 Å². The lowest BCUT2D eigenvalue weighted by molar-refractivity contribution is -0.120. The summed E-state index contributed by atoms with van der Waals surface area (Å²) in [6.45, 7) is 2.29. The van der Waals surface area contributed by atoms with Gasteiger partial charge in [-0.15, -0.1) is 0 Å². The molecule has 0 atom stereocenters. The van der Waals surface area contributed by atoms with Crippen LogP contribution in [0.25, 0.3) is 0 Å². The maximum atomic E-state index is 11.8. The second-order valence-electron chi connectivity index (χ2n) is 4.32. The van der Waals surface area contributed by atoms with Crippen LogP contribution in [0.4, 0.5) is 0 Å². The highest BCUT2D eigenvalue weighted by Gasteiger charge is 2.05. The fourth-order valence-electron chi connectivity index (χ4n) is 1.80. The van der Waals surface area contributed by atoms with E-state index in [0.717, 1.165) is 22.8 Å². The Labute approximate surface area is 112 Å². The van der Waals surface area contributed by atoms with Gasteiger partial charge in [-0.3, -0.25) is 4.79 Å². The Morgan fingerprint density at radius 1 is 1.32 bits per heavy atom. The molecule has 1 amide bonds. The standard InChI is InChI=1S/C15H17NO3/c1-11-6-7-14(19-11)10-16-15(17)9-12-4-3-5-13(8-12)18-2/h3-8H,9-10H2,1-2H3,(H,16,17). The highest BCUT2D eigenvalue weighted by molar-refractivity contribution is 5.78. The molecule has 0 aliphatic rings. The van der Waals surface area contributed by atoms with Crippen molar-refractivity contribution in [3.63, 3.8) is 0 Å². The topological polar surface area (TPSA) is 51.5 Å². The lowest BCUT2D eigenvalue weighted by atomic mass is 10.1. The fourth-order valence-corrected chi connectivity index (χ4v) is 1.80. The van der Waals surface area contributed by atoms with Gasteiger partial charge in [0.1, 0.15) is 17.3 Å². The molecule has 2 rings (SSSR count). The third kappa shape index (κ3) is 3.88. The molecule has 0 aliphatic carbocycles. The normalized spacial score (nSPS) is 10.2. The van der Waals surface area contributed by atoms with Gasteiger partial charge in [-0.2, -0.15) is 0 Å². The summed E-state index contributed by atoms with van der Waals surface area (Å²) in [4.78, 5) is 11.8. The number of benzene rings is 1. The number of carbonyl (C=O) groups is 1. The van der Waals surface area contributed by atoms with E-state index in [0.29, 0.717) is 13.0 Å². The Morgan fingerprint density at radius 3 is 2.84 bits per heavy atom. The second kappa shape index (κ2) is 6.09. The van der Waals surface area contributed by atoms with Crippen LogP contribution in [-0.2, 0) is 17.8 Å². The number of amides is 1. The molecule has 0 fully saturated rings. The molecule has 0 saturated carbocycles. The highest BCUT2D eigenvalue weighted by Crippen LogP contribution is 2.13. The van der Waals surface area contributed by atoms with Gasteiger partial charge in [0.15, 0.2) is 0 Å². The van der Waals surface area contributed by atoms with Crippen molar-refractivity contribution < 1.29 is 13.9 Å². The van der Waals surface area contributed by atoms with E-state index in [-0.39, 0.29) is 5.91 Å². The number of rotatable bonds is 5. The number of aryl methyl sites for hydroxylation is 1. The first-order valence-electron chi connectivity index (χ1n) is 6.12. The SMILES string of the molecule is COc1cccc(CC(=O)NCc2ccc(C)o2)c1. The second-order valence-corrected chi connectivity index (χ2v) is 4.32. The first-order valence-corrected chi connectivity index (χ1v) is 6.12. The predicted molar refractivity (Wildman–Crippen MR) is 72.0 cm³/mol. The van der Waals surface area contributed by atoms with Crippen LogP contribution in [0.5, 0.6) is 5.75 Å². The van der Waals surface area contributed by atoms with Crippen LogP contribution < -0.4 is 10.1 Å². The maximum absolute atomic E-state index is 11.8. The Kier molecular flexibility index (Phi) is 4.23. The van der Waals surface area contributed by atoms with Crippen LogP contribution >= 0.6 is 0 Å². The molecule has 0 unspecified atom stereocenters. The van der Waals surface area contributed by atoms with Gasteiger partial charge in [0.05, 0.1) is 20.1 Å². The molecule has 19 heavy (non-hydrogen) atoms. The first kappa shape index (κ1) is 13.2. The van der Waals surface area contributed by atoms with E-state index in [4.69, 9.17) is 9.15 Å². The van der Waals surface area contributed by atoms with E-state index >= 15 is 0 Å². The van der Waals surface area contributed by atoms with E-state index in [9.17, 15) is 4.79 Å². The summed E-state index contributed by atoms with van der Waals surface area (Å²) < 4.78 is 10.5. The third-order valence-electron chi connectivity index (χ3n) is 2.75. The number of hydrogen-bond acceptors (Lipinski definition) is 3. The minimum absolute atomic E-state index is 0.0395. The zero-order valence-corrected chi connectivity index (χ0v) is 11.1. The van der Waals surface area contributed by atoms with Crippen LogP contribution in [0, 0.1) is 6.92 Å². The average Bonchev–Trinajstić information content (AvgIpc) is 2.82. The molecule has 0 aliphatic heterocycles. The molecule has 0 radical (unpaired) electrons. The fraction of sp³-hybridized carbons (Fsp3) is 0.267. The Morgan fingerprint density at radius 2 is 2.16 bits per heavy atom. The summed E-state index contributed by atoms with van der Waals surface area (Å²) >= 11 is 0. The van der Waals surface area contributed by atoms with E-state index in [2.05, 4.69) is 5.32 Å². The Hall–Kier alpha value is -2.23. The minimum Gasteiger partial charge on any atom is -0.497 e. The van der Waals surface area contributed by atoms with E-state index in [1.165, 1.54) is 0 Å². The molecule has 4 heteroatoms. The molecule has 1 N–H and O–H groups in total. The largest absolute Gasteiger partial charge is 0.497 e. The molecule has 1 aromatic heterocycles. The van der Waals surface area contributed by atoms with Crippen molar-refractivity contribution in [1.29, 1.82) is 0 Å². The van der Waals surface area contributed by atoms with Crippen LogP contribution in [0.1, 0.15) is 17.1 Å². The number of hydrogen-bond donors (Lipinski definition) is 1. The molecular formula is C15H17NO3. The van der Waals surface area contributed by atoms with Crippen LogP contribution in [-0.4, -0.2) is 13.0 Å². The first-order chi connectivity index (χ1) is 9.17. The quantitative estimate of drug-likeness (QED) is 0.897. The van der Waals surface area contributed by atoms with Crippen molar-refractivity contribution in [2.45, 2.75) is 19.9 Å². The number of furan rings is 1. The van der Waals surface area contributed by atoms with Crippen LogP contribution in [0.2, 0.25) is 0 Å². The zero-order valence-electron chi connectivity index (χ0n) is 11.1. The van der Waals surface area contributed by atoms with E-state index < -0.39 is 0 Å². The summed E-state index contributed by atoms with van der Waals surface area (Å²) in [5.74, 6) is 2.32. The number of carbonyl (C=O) groups excluding carboxylic acids is 1. The van der Waals surface area contributed by atoms with Crippen molar-refractivity contribution in [1.82, 2.24) is 5.32 Å². The summed E-state index contributed by atoms with van der Waals surface area (Å²) in [6, 6.07) is 11.2. The number of nitrogens with one attached hydrogen (secondary N) is 1. The lowest BCUT2D eigenvalue weighted by Gasteiger charge is -2.05. The predicted octanol–water partition coefficient (Wildman–Crippen LogP) is 2.46. The van der Waals surface area contributed by atoms with Crippen molar-refractivity contribution in [2.75, 3.05) is 7.11 Å². The highest BCUT2D eigenvalue weighted by atomic mass is 16.5. The molecule has 2 aromatic rings.